The van der Waals surface area contributed by atoms with Gasteiger partial charge in [0.2, 0.25) is 5.91 Å². The molecule has 1 aromatic heterocycles. The van der Waals surface area contributed by atoms with Crippen LogP contribution >= 0.6 is 0 Å². The Morgan fingerprint density at radius 2 is 2.35 bits per heavy atom. The summed E-state index contributed by atoms with van der Waals surface area (Å²) in [4.78, 5) is 18.8. The summed E-state index contributed by atoms with van der Waals surface area (Å²) >= 11 is 0. The van der Waals surface area contributed by atoms with E-state index in [9.17, 15) is 4.79 Å². The topological polar surface area (TPSA) is 79.6 Å². The Bertz CT molecular complexity index is 730. The van der Waals surface area contributed by atoms with Crippen LogP contribution in [-0.4, -0.2) is 54.6 Å². The summed E-state index contributed by atoms with van der Waals surface area (Å²) in [7, 11) is 1.59. The molecule has 1 aliphatic heterocycles. The minimum atomic E-state index is -0.00109. The number of carbonyl (C=O) groups is 1. The largest absolute Gasteiger partial charge is 0.496 e. The lowest BCUT2D eigenvalue weighted by Crippen LogP contribution is -2.54. The number of aromatic nitrogens is 1. The highest BCUT2D eigenvalue weighted by molar-refractivity contribution is 5.92. The Morgan fingerprint density at radius 1 is 1.50 bits per heavy atom. The van der Waals surface area contributed by atoms with Crippen LogP contribution in [0.15, 0.2) is 35.2 Å². The van der Waals surface area contributed by atoms with Crippen molar-refractivity contribution in [3.05, 3.63) is 30.8 Å². The molecule has 0 radical (unpaired) electrons. The lowest BCUT2D eigenvalue weighted by atomic mass is 10.1. The van der Waals surface area contributed by atoms with Crippen molar-refractivity contribution in [2.75, 3.05) is 32.1 Å². The van der Waals surface area contributed by atoms with Gasteiger partial charge in [-0.3, -0.25) is 9.69 Å². The van der Waals surface area contributed by atoms with Gasteiger partial charge >= 0.3 is 0 Å². The first-order valence-electron chi connectivity index (χ1n) is 8.91. The van der Waals surface area contributed by atoms with E-state index in [1.165, 1.54) is 6.39 Å². The summed E-state index contributed by atoms with van der Waals surface area (Å²) in [6, 6.07) is 6.14. The molecule has 1 amide bonds. The second-order valence-electron chi connectivity index (χ2n) is 6.72. The van der Waals surface area contributed by atoms with Gasteiger partial charge in [-0.25, -0.2) is 4.98 Å². The SMILES string of the molecule is COc1cc(NC(=O)CC2CNCCN2C(C)C)ccc1-c1cnco1. The third kappa shape index (κ3) is 4.23. The van der Waals surface area contributed by atoms with Crippen LogP contribution in [0.1, 0.15) is 20.3 Å². The van der Waals surface area contributed by atoms with Crippen molar-refractivity contribution in [1.29, 1.82) is 0 Å². The number of nitrogens with one attached hydrogen (secondary N) is 2. The maximum absolute atomic E-state index is 12.5. The summed E-state index contributed by atoms with van der Waals surface area (Å²) in [5, 5.41) is 6.35. The summed E-state index contributed by atoms with van der Waals surface area (Å²) in [5.74, 6) is 1.25. The molecule has 2 heterocycles. The van der Waals surface area contributed by atoms with Crippen LogP contribution in [-0.2, 0) is 4.79 Å². The number of ether oxygens (including phenoxy) is 1. The predicted molar refractivity (Wildman–Crippen MR) is 100 cm³/mol. The number of amides is 1. The molecule has 0 saturated carbocycles. The molecular formula is C19H26N4O3. The highest BCUT2D eigenvalue weighted by Crippen LogP contribution is 2.32. The number of benzene rings is 1. The van der Waals surface area contributed by atoms with E-state index < -0.39 is 0 Å². The highest BCUT2D eigenvalue weighted by atomic mass is 16.5. The van der Waals surface area contributed by atoms with E-state index in [0.29, 0.717) is 29.7 Å². The Balaban J connectivity index is 1.67. The molecule has 26 heavy (non-hydrogen) atoms. The van der Waals surface area contributed by atoms with E-state index in [2.05, 4.69) is 34.4 Å². The summed E-state index contributed by atoms with van der Waals surface area (Å²) in [5.41, 5.74) is 1.50. The van der Waals surface area contributed by atoms with Crippen molar-refractivity contribution in [2.45, 2.75) is 32.4 Å². The molecule has 0 aliphatic carbocycles. The predicted octanol–water partition coefficient (Wildman–Crippen LogP) is 2.36. The number of anilines is 1. The number of piperazine rings is 1. The van der Waals surface area contributed by atoms with Gasteiger partial charge in [0.15, 0.2) is 12.2 Å². The van der Waals surface area contributed by atoms with Gasteiger partial charge in [0.05, 0.1) is 18.9 Å². The summed E-state index contributed by atoms with van der Waals surface area (Å²) in [6.07, 6.45) is 3.47. The number of nitrogens with zero attached hydrogens (tertiary/aromatic N) is 2. The molecule has 140 valence electrons. The van der Waals surface area contributed by atoms with Crippen molar-refractivity contribution >= 4 is 11.6 Å². The van der Waals surface area contributed by atoms with Crippen molar-refractivity contribution in [3.8, 4) is 17.1 Å². The van der Waals surface area contributed by atoms with Crippen LogP contribution in [0.3, 0.4) is 0 Å². The minimum Gasteiger partial charge on any atom is -0.496 e. The molecule has 7 heteroatoms. The van der Waals surface area contributed by atoms with E-state index in [4.69, 9.17) is 9.15 Å². The van der Waals surface area contributed by atoms with E-state index in [0.717, 1.165) is 25.2 Å². The van der Waals surface area contributed by atoms with E-state index in [1.54, 1.807) is 19.4 Å². The number of rotatable bonds is 6. The molecule has 1 aliphatic rings. The highest BCUT2D eigenvalue weighted by Gasteiger charge is 2.26. The van der Waals surface area contributed by atoms with Crippen LogP contribution in [0.25, 0.3) is 11.3 Å². The second kappa shape index (κ2) is 8.33. The van der Waals surface area contributed by atoms with Gasteiger partial charge < -0.3 is 19.8 Å². The zero-order valence-electron chi connectivity index (χ0n) is 15.5. The third-order valence-corrected chi connectivity index (χ3v) is 4.66. The Kier molecular flexibility index (Phi) is 5.90. The number of hydrogen-bond acceptors (Lipinski definition) is 6. The molecule has 0 spiro atoms. The zero-order valence-corrected chi connectivity index (χ0v) is 15.5. The van der Waals surface area contributed by atoms with Crippen LogP contribution in [0.2, 0.25) is 0 Å². The molecule has 1 fully saturated rings. The van der Waals surface area contributed by atoms with Gasteiger partial charge in [0, 0.05) is 49.9 Å². The van der Waals surface area contributed by atoms with Crippen molar-refractivity contribution in [3.63, 3.8) is 0 Å². The Morgan fingerprint density at radius 3 is 3.04 bits per heavy atom. The number of methoxy groups -OCH3 is 1. The monoisotopic (exact) mass is 358 g/mol. The zero-order chi connectivity index (χ0) is 18.5. The Labute approximate surface area is 153 Å². The van der Waals surface area contributed by atoms with Crippen molar-refractivity contribution in [2.24, 2.45) is 0 Å². The van der Waals surface area contributed by atoms with Gasteiger partial charge in [-0.2, -0.15) is 0 Å². The first-order chi connectivity index (χ1) is 12.6. The molecule has 3 rings (SSSR count). The number of hydrogen-bond donors (Lipinski definition) is 2. The van der Waals surface area contributed by atoms with Gasteiger partial charge in [-0.15, -0.1) is 0 Å². The van der Waals surface area contributed by atoms with E-state index in [1.807, 2.05) is 12.1 Å². The van der Waals surface area contributed by atoms with Gasteiger partial charge in [0.25, 0.3) is 0 Å². The van der Waals surface area contributed by atoms with E-state index >= 15 is 0 Å². The maximum Gasteiger partial charge on any atom is 0.226 e. The maximum atomic E-state index is 12.5. The molecule has 7 nitrogen and oxygen atoms in total. The minimum absolute atomic E-state index is 0.00109. The van der Waals surface area contributed by atoms with E-state index in [-0.39, 0.29) is 11.9 Å². The molecule has 1 atom stereocenters. The van der Waals surface area contributed by atoms with Gasteiger partial charge in [0.1, 0.15) is 5.75 Å². The normalized spacial score (nSPS) is 18.1. The third-order valence-electron chi connectivity index (χ3n) is 4.66. The smallest absolute Gasteiger partial charge is 0.226 e. The molecule has 2 N–H and O–H groups in total. The molecule has 1 unspecified atom stereocenters. The Hall–Kier alpha value is -2.38. The lowest BCUT2D eigenvalue weighted by molar-refractivity contribution is -0.117. The van der Waals surface area contributed by atoms with Crippen LogP contribution in [0.4, 0.5) is 5.69 Å². The lowest BCUT2D eigenvalue weighted by Gasteiger charge is -2.38. The molecular weight excluding hydrogens is 332 g/mol. The van der Waals surface area contributed by atoms with Crippen molar-refractivity contribution < 1.29 is 13.9 Å². The number of carbonyl (C=O) groups excluding carboxylic acids is 1. The average Bonchev–Trinajstić information content (AvgIpc) is 3.16. The molecule has 1 saturated heterocycles. The quantitative estimate of drug-likeness (QED) is 0.825. The first-order valence-corrected chi connectivity index (χ1v) is 8.91. The number of oxazole rings is 1. The fraction of sp³-hybridized carbons (Fsp3) is 0.474. The summed E-state index contributed by atoms with van der Waals surface area (Å²) in [6.45, 7) is 7.11. The summed E-state index contributed by atoms with van der Waals surface area (Å²) < 4.78 is 10.8. The van der Waals surface area contributed by atoms with Crippen LogP contribution < -0.4 is 15.4 Å². The first kappa shape index (κ1) is 18.4. The van der Waals surface area contributed by atoms with Gasteiger partial charge in [-0.05, 0) is 26.0 Å². The fourth-order valence-corrected chi connectivity index (χ4v) is 3.39. The molecule has 1 aromatic carbocycles. The average molecular weight is 358 g/mol. The fourth-order valence-electron chi connectivity index (χ4n) is 3.39. The second-order valence-corrected chi connectivity index (χ2v) is 6.72. The van der Waals surface area contributed by atoms with Crippen LogP contribution in [0.5, 0.6) is 5.75 Å². The standard InChI is InChI=1S/C19H26N4O3/c1-13(2)23-7-6-20-10-15(23)9-19(24)22-14-4-5-16(17(8-14)25-3)18-11-21-12-26-18/h4-5,8,11-13,15,20H,6-7,9-10H2,1-3H3,(H,22,24). The van der Waals surface area contributed by atoms with Crippen LogP contribution in [0, 0.1) is 0 Å². The molecule has 2 aromatic rings. The van der Waals surface area contributed by atoms with Gasteiger partial charge in [-0.1, -0.05) is 0 Å². The molecule has 0 bridgehead atoms. The van der Waals surface area contributed by atoms with Crippen molar-refractivity contribution in [1.82, 2.24) is 15.2 Å².